The standard InChI is InChI=1S/C16H21NO3/c1-16(2)13(14(16)15(18)17(3)19-4)11-6-5-7-12-10(11)8-9-20-12/h5-7,13-14H,8-9H2,1-4H3. The number of hydrogen-bond donors (Lipinski definition) is 0. The van der Waals surface area contributed by atoms with Crippen molar-refractivity contribution in [2.75, 3.05) is 20.8 Å². The first kappa shape index (κ1) is 13.4. The number of fused-ring (bicyclic) bond motifs is 1. The van der Waals surface area contributed by atoms with Crippen LogP contribution in [-0.2, 0) is 16.1 Å². The minimum Gasteiger partial charge on any atom is -0.493 e. The number of benzene rings is 1. The van der Waals surface area contributed by atoms with Crippen molar-refractivity contribution in [2.24, 2.45) is 11.3 Å². The summed E-state index contributed by atoms with van der Waals surface area (Å²) in [5.74, 6) is 1.28. The highest BCUT2D eigenvalue weighted by Crippen LogP contribution is 2.66. The second-order valence-electron chi connectivity index (χ2n) is 6.22. The molecule has 1 aliphatic carbocycles. The van der Waals surface area contributed by atoms with Crippen LogP contribution in [0.25, 0.3) is 0 Å². The zero-order chi connectivity index (χ0) is 14.5. The topological polar surface area (TPSA) is 38.8 Å². The fourth-order valence-corrected chi connectivity index (χ4v) is 3.50. The maximum absolute atomic E-state index is 12.4. The number of carbonyl (C=O) groups is 1. The summed E-state index contributed by atoms with van der Waals surface area (Å²) in [6.45, 7) is 5.05. The van der Waals surface area contributed by atoms with Gasteiger partial charge in [-0.25, -0.2) is 5.06 Å². The first-order valence-corrected chi connectivity index (χ1v) is 7.04. The maximum Gasteiger partial charge on any atom is 0.250 e. The van der Waals surface area contributed by atoms with Crippen molar-refractivity contribution in [2.45, 2.75) is 26.2 Å². The molecule has 0 saturated heterocycles. The average molecular weight is 275 g/mol. The Kier molecular flexibility index (Phi) is 3.01. The van der Waals surface area contributed by atoms with Crippen LogP contribution < -0.4 is 4.74 Å². The van der Waals surface area contributed by atoms with Crippen molar-refractivity contribution in [3.63, 3.8) is 0 Å². The monoisotopic (exact) mass is 275 g/mol. The number of ether oxygens (including phenoxy) is 1. The quantitative estimate of drug-likeness (QED) is 0.795. The summed E-state index contributed by atoms with van der Waals surface area (Å²) in [6.07, 6.45) is 0.944. The second kappa shape index (κ2) is 4.48. The van der Waals surface area contributed by atoms with Crippen molar-refractivity contribution in [1.82, 2.24) is 5.06 Å². The molecule has 1 fully saturated rings. The lowest BCUT2D eigenvalue weighted by molar-refractivity contribution is -0.171. The smallest absolute Gasteiger partial charge is 0.250 e. The molecule has 20 heavy (non-hydrogen) atoms. The molecule has 0 aromatic heterocycles. The summed E-state index contributed by atoms with van der Waals surface area (Å²) in [4.78, 5) is 17.4. The molecule has 4 heteroatoms. The van der Waals surface area contributed by atoms with Gasteiger partial charge in [0.15, 0.2) is 0 Å². The van der Waals surface area contributed by atoms with E-state index in [2.05, 4.69) is 19.9 Å². The van der Waals surface area contributed by atoms with Crippen LogP contribution in [0.3, 0.4) is 0 Å². The number of rotatable bonds is 3. The number of hydroxylamine groups is 2. The van der Waals surface area contributed by atoms with Gasteiger partial charge in [-0.3, -0.25) is 9.63 Å². The highest BCUT2D eigenvalue weighted by atomic mass is 16.7. The van der Waals surface area contributed by atoms with Crippen molar-refractivity contribution in [3.05, 3.63) is 29.3 Å². The molecular weight excluding hydrogens is 254 g/mol. The molecule has 2 aliphatic rings. The fraction of sp³-hybridized carbons (Fsp3) is 0.562. The molecule has 108 valence electrons. The molecule has 0 bridgehead atoms. The minimum absolute atomic E-state index is 0.0143. The summed E-state index contributed by atoms with van der Waals surface area (Å²) in [5, 5.41) is 1.34. The molecule has 0 radical (unpaired) electrons. The van der Waals surface area contributed by atoms with Crippen LogP contribution >= 0.6 is 0 Å². The van der Waals surface area contributed by atoms with Gasteiger partial charge in [0, 0.05) is 24.9 Å². The van der Waals surface area contributed by atoms with E-state index in [9.17, 15) is 4.79 Å². The van der Waals surface area contributed by atoms with Gasteiger partial charge in [0.25, 0.3) is 0 Å². The molecule has 2 unspecified atom stereocenters. The normalized spacial score (nSPS) is 25.8. The van der Waals surface area contributed by atoms with Crippen molar-refractivity contribution >= 4 is 5.91 Å². The molecular formula is C16H21NO3. The van der Waals surface area contributed by atoms with E-state index in [0.717, 1.165) is 18.8 Å². The molecule has 3 rings (SSSR count). The third-order valence-corrected chi connectivity index (χ3v) is 4.79. The number of carbonyl (C=O) groups excluding carboxylic acids is 1. The molecule has 1 aliphatic heterocycles. The summed E-state index contributed by atoms with van der Waals surface area (Å²) >= 11 is 0. The van der Waals surface area contributed by atoms with Crippen molar-refractivity contribution in [3.8, 4) is 5.75 Å². The zero-order valence-corrected chi connectivity index (χ0v) is 12.5. The molecule has 0 N–H and O–H groups in total. The van der Waals surface area contributed by atoms with Gasteiger partial charge >= 0.3 is 0 Å². The fourth-order valence-electron chi connectivity index (χ4n) is 3.50. The average Bonchev–Trinajstić information content (AvgIpc) is 2.78. The molecule has 0 spiro atoms. The van der Waals surface area contributed by atoms with Gasteiger partial charge < -0.3 is 4.74 Å². The molecule has 1 aromatic rings. The Morgan fingerprint density at radius 2 is 2.20 bits per heavy atom. The first-order valence-electron chi connectivity index (χ1n) is 7.04. The molecule has 1 heterocycles. The van der Waals surface area contributed by atoms with Crippen LogP contribution in [0.4, 0.5) is 0 Å². The third-order valence-electron chi connectivity index (χ3n) is 4.79. The summed E-state index contributed by atoms with van der Waals surface area (Å²) in [6, 6.07) is 6.18. The van der Waals surface area contributed by atoms with E-state index < -0.39 is 0 Å². The summed E-state index contributed by atoms with van der Waals surface area (Å²) in [5.41, 5.74) is 2.52. The van der Waals surface area contributed by atoms with Crippen LogP contribution in [-0.4, -0.2) is 31.7 Å². The Morgan fingerprint density at radius 3 is 2.90 bits per heavy atom. The van der Waals surface area contributed by atoms with E-state index in [1.165, 1.54) is 23.3 Å². The van der Waals surface area contributed by atoms with Crippen LogP contribution in [0.1, 0.15) is 30.9 Å². The lowest BCUT2D eigenvalue weighted by Gasteiger charge is -2.14. The Labute approximate surface area is 119 Å². The summed E-state index contributed by atoms with van der Waals surface area (Å²) < 4.78 is 5.63. The number of hydrogen-bond acceptors (Lipinski definition) is 3. The third kappa shape index (κ3) is 1.82. The van der Waals surface area contributed by atoms with Gasteiger partial charge in [0.05, 0.1) is 19.6 Å². The largest absolute Gasteiger partial charge is 0.493 e. The highest BCUT2D eigenvalue weighted by molar-refractivity contribution is 5.84. The lowest BCUT2D eigenvalue weighted by atomic mass is 9.96. The first-order chi connectivity index (χ1) is 9.48. The molecule has 4 nitrogen and oxygen atoms in total. The van der Waals surface area contributed by atoms with E-state index in [1.54, 1.807) is 7.05 Å². The van der Waals surface area contributed by atoms with Gasteiger partial charge in [0.1, 0.15) is 5.75 Å². The second-order valence-corrected chi connectivity index (χ2v) is 6.22. The van der Waals surface area contributed by atoms with Gasteiger partial charge in [0.2, 0.25) is 5.91 Å². The van der Waals surface area contributed by atoms with E-state index in [0.29, 0.717) is 0 Å². The Morgan fingerprint density at radius 1 is 1.45 bits per heavy atom. The van der Waals surface area contributed by atoms with Gasteiger partial charge in [-0.1, -0.05) is 26.0 Å². The number of amides is 1. The SMILES string of the molecule is CON(C)C(=O)C1C(c2cccc3c2CCO3)C1(C)C. The molecule has 1 aromatic carbocycles. The minimum atomic E-state index is -0.0262. The predicted molar refractivity (Wildman–Crippen MR) is 75.4 cm³/mol. The Hall–Kier alpha value is -1.55. The van der Waals surface area contributed by atoms with E-state index in [4.69, 9.17) is 9.57 Å². The van der Waals surface area contributed by atoms with Gasteiger partial charge in [-0.2, -0.15) is 0 Å². The van der Waals surface area contributed by atoms with Crippen molar-refractivity contribution < 1.29 is 14.4 Å². The molecule has 2 atom stereocenters. The zero-order valence-electron chi connectivity index (χ0n) is 12.5. The van der Waals surface area contributed by atoms with E-state index >= 15 is 0 Å². The van der Waals surface area contributed by atoms with Crippen LogP contribution in [0, 0.1) is 11.3 Å². The predicted octanol–water partition coefficient (Wildman–Crippen LogP) is 2.38. The Bertz CT molecular complexity index is 553. The Balaban J connectivity index is 1.92. The van der Waals surface area contributed by atoms with Crippen molar-refractivity contribution in [1.29, 1.82) is 0 Å². The van der Waals surface area contributed by atoms with Crippen LogP contribution in [0.15, 0.2) is 18.2 Å². The number of nitrogens with zero attached hydrogens (tertiary/aromatic N) is 1. The van der Waals surface area contributed by atoms with E-state index in [1.807, 2.05) is 12.1 Å². The highest BCUT2D eigenvalue weighted by Gasteiger charge is 2.63. The molecule has 1 amide bonds. The van der Waals surface area contributed by atoms with Crippen LogP contribution in [0.5, 0.6) is 5.75 Å². The van der Waals surface area contributed by atoms with Crippen LogP contribution in [0.2, 0.25) is 0 Å². The lowest BCUT2D eigenvalue weighted by Crippen LogP contribution is -2.28. The van der Waals surface area contributed by atoms with Gasteiger partial charge in [-0.05, 0) is 17.0 Å². The maximum atomic E-state index is 12.4. The molecule has 1 saturated carbocycles. The van der Waals surface area contributed by atoms with Gasteiger partial charge in [-0.15, -0.1) is 0 Å². The van der Waals surface area contributed by atoms with E-state index in [-0.39, 0.29) is 23.2 Å². The summed E-state index contributed by atoms with van der Waals surface area (Å²) in [7, 11) is 3.20.